The van der Waals surface area contributed by atoms with Crippen LogP contribution < -0.4 is 29.7 Å². The summed E-state index contributed by atoms with van der Waals surface area (Å²) in [5.41, 5.74) is 4.52. The van der Waals surface area contributed by atoms with Gasteiger partial charge in [0.1, 0.15) is 41.5 Å². The van der Waals surface area contributed by atoms with E-state index in [1.54, 1.807) is 21.3 Å². The number of ether oxygens (including phenoxy) is 5. The average Bonchev–Trinajstić information content (AvgIpc) is 3.43. The Bertz CT molecular complexity index is 1620. The van der Waals surface area contributed by atoms with Gasteiger partial charge in [0.15, 0.2) is 5.65 Å². The summed E-state index contributed by atoms with van der Waals surface area (Å²) < 4.78 is 29.8. The molecule has 0 unspecified atom stereocenters. The van der Waals surface area contributed by atoms with Gasteiger partial charge in [-0.15, -0.1) is 0 Å². The number of pyridine rings is 1. The Labute approximate surface area is 249 Å². The van der Waals surface area contributed by atoms with Crippen LogP contribution in [0.25, 0.3) is 11.2 Å². The topological polar surface area (TPSA) is 121 Å². The van der Waals surface area contributed by atoms with Crippen molar-refractivity contribution in [2.75, 3.05) is 51.8 Å². The molecular formula is C31H36N6O6. The molecule has 2 aliphatic rings. The molecular weight excluding hydrogens is 552 g/mol. The first-order valence-electron chi connectivity index (χ1n) is 14.2. The van der Waals surface area contributed by atoms with Gasteiger partial charge in [0.05, 0.1) is 45.3 Å². The van der Waals surface area contributed by atoms with Crippen LogP contribution in [0.4, 0.5) is 22.0 Å². The third-order valence-corrected chi connectivity index (χ3v) is 7.80. The fourth-order valence-electron chi connectivity index (χ4n) is 5.36. The van der Waals surface area contributed by atoms with E-state index in [-0.39, 0.29) is 18.2 Å². The summed E-state index contributed by atoms with van der Waals surface area (Å²) >= 11 is 0. The number of anilines is 3. The fraction of sp³-hybridized carbons (Fsp3) is 0.387. The molecule has 2 aromatic heterocycles. The minimum Gasteiger partial charge on any atom is -0.497 e. The van der Waals surface area contributed by atoms with Gasteiger partial charge in [-0.2, -0.15) is 0 Å². The monoisotopic (exact) mass is 588 g/mol. The van der Waals surface area contributed by atoms with Crippen molar-refractivity contribution < 1.29 is 28.5 Å². The number of carbonyl (C=O) groups is 1. The van der Waals surface area contributed by atoms with E-state index in [1.807, 2.05) is 49.5 Å². The lowest BCUT2D eigenvalue weighted by Gasteiger charge is -2.36. The molecule has 3 heterocycles. The van der Waals surface area contributed by atoms with Gasteiger partial charge in [-0.3, -0.25) is 0 Å². The van der Waals surface area contributed by atoms with E-state index in [2.05, 4.69) is 20.5 Å². The molecule has 0 radical (unpaired) electrons. The summed E-state index contributed by atoms with van der Waals surface area (Å²) in [6.45, 7) is 1.79. The van der Waals surface area contributed by atoms with E-state index in [0.717, 1.165) is 35.3 Å². The van der Waals surface area contributed by atoms with Crippen LogP contribution in [0.2, 0.25) is 0 Å². The molecule has 4 bridgehead atoms. The van der Waals surface area contributed by atoms with Crippen LogP contribution in [0, 0.1) is 0 Å². The molecule has 2 atom stereocenters. The molecule has 2 N–H and O–H groups in total. The number of rotatable bonds is 9. The van der Waals surface area contributed by atoms with E-state index >= 15 is 0 Å². The maximum atomic E-state index is 13.4. The summed E-state index contributed by atoms with van der Waals surface area (Å²) in [4.78, 5) is 25.0. The summed E-state index contributed by atoms with van der Waals surface area (Å²) in [5, 5.41) is 6.54. The van der Waals surface area contributed by atoms with E-state index in [1.165, 1.54) is 10.9 Å². The first-order valence-corrected chi connectivity index (χ1v) is 14.2. The molecule has 2 aromatic carbocycles. The molecule has 6 rings (SSSR count). The van der Waals surface area contributed by atoms with Crippen molar-refractivity contribution in [2.45, 2.75) is 38.1 Å². The van der Waals surface area contributed by atoms with Gasteiger partial charge in [0.2, 0.25) is 0 Å². The first kappa shape index (κ1) is 28.6. The number of benzene rings is 2. The molecule has 43 heavy (non-hydrogen) atoms. The maximum Gasteiger partial charge on any atom is 0.328 e. The third kappa shape index (κ3) is 6.02. The van der Waals surface area contributed by atoms with Gasteiger partial charge in [-0.1, -0.05) is 0 Å². The van der Waals surface area contributed by atoms with Crippen LogP contribution in [-0.2, 0) is 22.6 Å². The second-order valence-corrected chi connectivity index (χ2v) is 10.7. The normalized spacial score (nSPS) is 17.7. The van der Waals surface area contributed by atoms with Gasteiger partial charge in [-0.05, 0) is 42.7 Å². The minimum atomic E-state index is -0.291. The molecule has 4 aromatic rings. The number of aromatic nitrogens is 3. The van der Waals surface area contributed by atoms with Gasteiger partial charge in [0.25, 0.3) is 0 Å². The smallest absolute Gasteiger partial charge is 0.328 e. The van der Waals surface area contributed by atoms with Crippen molar-refractivity contribution in [3.8, 4) is 17.2 Å². The van der Waals surface area contributed by atoms with Crippen molar-refractivity contribution >= 4 is 34.4 Å². The average molecular weight is 589 g/mol. The Kier molecular flexibility index (Phi) is 8.21. The Hall–Kier alpha value is -4.55. The lowest BCUT2D eigenvalue weighted by Crippen LogP contribution is -2.52. The summed E-state index contributed by atoms with van der Waals surface area (Å²) in [7, 11) is 6.88. The van der Waals surface area contributed by atoms with E-state index in [0.29, 0.717) is 60.6 Å². The molecule has 1 saturated carbocycles. The summed E-state index contributed by atoms with van der Waals surface area (Å²) in [6.07, 6.45) is 3.15. The van der Waals surface area contributed by atoms with Crippen molar-refractivity contribution in [1.82, 2.24) is 19.9 Å². The number of amides is 1. The molecule has 12 heteroatoms. The molecule has 226 valence electrons. The third-order valence-electron chi connectivity index (χ3n) is 7.80. The predicted molar refractivity (Wildman–Crippen MR) is 162 cm³/mol. The van der Waals surface area contributed by atoms with Gasteiger partial charge < -0.3 is 39.2 Å². The summed E-state index contributed by atoms with van der Waals surface area (Å²) in [5.74, 6) is 2.67. The Balaban J connectivity index is 1.41. The number of fused-ring (bicyclic) bond motifs is 4. The van der Waals surface area contributed by atoms with Crippen molar-refractivity contribution in [1.29, 1.82) is 0 Å². The molecule has 1 aliphatic heterocycles. The molecule has 1 amide bonds. The molecule has 1 fully saturated rings. The zero-order chi connectivity index (χ0) is 29.9. The Morgan fingerprint density at radius 3 is 2.70 bits per heavy atom. The Morgan fingerprint density at radius 2 is 1.93 bits per heavy atom. The quantitative estimate of drug-likeness (QED) is 0.271. The first-order chi connectivity index (χ1) is 20.9. The molecule has 0 spiro atoms. The molecule has 12 nitrogen and oxygen atoms in total. The van der Waals surface area contributed by atoms with Crippen LogP contribution >= 0.6 is 0 Å². The van der Waals surface area contributed by atoms with Crippen LogP contribution in [0.15, 0.2) is 48.8 Å². The SMILES string of the molecule is COCCOc1cc2cc(c1)Nc1cc(N(C)Cc3ccc(OC)cc3OC)c3ncn(c3n1)C(=O)N[C@@H]1CC[C@H]1OC2. The molecule has 1 aliphatic carbocycles. The highest BCUT2D eigenvalue weighted by Gasteiger charge is 2.34. The predicted octanol–water partition coefficient (Wildman–Crippen LogP) is 4.47. The standard InChI is InChI=1S/C31H36N6O6/c1-36(16-20-5-6-22(40-3)14-27(20)41-4)25-15-28-33-21-11-19(12-23(13-21)42-10-9-39-2)17-43-26-8-7-24(26)34-31(38)37-18-32-29(25)30(37)35-28/h5-6,11-15,18,24,26H,7-10,16-17H2,1-4H3,(H,33,35)(H,34,38)/t24-,26-/m1/s1. The highest BCUT2D eigenvalue weighted by Crippen LogP contribution is 2.34. The fourth-order valence-corrected chi connectivity index (χ4v) is 5.36. The zero-order valence-electron chi connectivity index (χ0n) is 24.8. The number of imidazole rings is 1. The second kappa shape index (κ2) is 12.4. The summed E-state index contributed by atoms with van der Waals surface area (Å²) in [6, 6.07) is 13.2. The van der Waals surface area contributed by atoms with E-state index in [9.17, 15) is 4.79 Å². The highest BCUT2D eigenvalue weighted by molar-refractivity contribution is 5.95. The van der Waals surface area contributed by atoms with Crippen LogP contribution in [0.5, 0.6) is 17.2 Å². The lowest BCUT2D eigenvalue weighted by atomic mass is 9.89. The number of methoxy groups -OCH3 is 3. The van der Waals surface area contributed by atoms with Gasteiger partial charge in [-0.25, -0.2) is 19.3 Å². The van der Waals surface area contributed by atoms with Gasteiger partial charge in [0, 0.05) is 50.2 Å². The van der Waals surface area contributed by atoms with Crippen molar-refractivity contribution in [2.24, 2.45) is 0 Å². The molecule has 0 saturated heterocycles. The second-order valence-electron chi connectivity index (χ2n) is 10.7. The van der Waals surface area contributed by atoms with Crippen LogP contribution in [0.1, 0.15) is 24.0 Å². The minimum absolute atomic E-state index is 0.0826. The van der Waals surface area contributed by atoms with Gasteiger partial charge >= 0.3 is 6.03 Å². The number of hydrogen-bond acceptors (Lipinski definition) is 10. The highest BCUT2D eigenvalue weighted by atomic mass is 16.5. The number of nitrogens with one attached hydrogen (secondary N) is 2. The van der Waals surface area contributed by atoms with E-state index < -0.39 is 0 Å². The number of carbonyl (C=O) groups excluding carboxylic acids is 1. The van der Waals surface area contributed by atoms with Crippen molar-refractivity contribution in [3.63, 3.8) is 0 Å². The number of hydrogen-bond donors (Lipinski definition) is 2. The van der Waals surface area contributed by atoms with Crippen molar-refractivity contribution in [3.05, 3.63) is 59.9 Å². The zero-order valence-corrected chi connectivity index (χ0v) is 24.8. The largest absolute Gasteiger partial charge is 0.497 e. The lowest BCUT2D eigenvalue weighted by molar-refractivity contribution is -0.0323. The Morgan fingerprint density at radius 1 is 1.05 bits per heavy atom. The van der Waals surface area contributed by atoms with Crippen LogP contribution in [0.3, 0.4) is 0 Å². The van der Waals surface area contributed by atoms with E-state index in [4.69, 9.17) is 28.7 Å². The maximum absolute atomic E-state index is 13.4. The van der Waals surface area contributed by atoms with Crippen LogP contribution in [-0.4, -0.2) is 74.3 Å². The number of nitrogens with zero attached hydrogens (tertiary/aromatic N) is 4.